The van der Waals surface area contributed by atoms with E-state index in [1.54, 1.807) is 37.3 Å². The summed E-state index contributed by atoms with van der Waals surface area (Å²) >= 11 is 1.16. The fraction of sp³-hybridized carbons (Fsp3) is 0.211. The number of aryl methyl sites for hydroxylation is 1. The van der Waals surface area contributed by atoms with Gasteiger partial charge in [-0.3, -0.25) is 4.79 Å². The summed E-state index contributed by atoms with van der Waals surface area (Å²) in [4.78, 5) is 28.2. The minimum atomic E-state index is -4.18. The van der Waals surface area contributed by atoms with Crippen molar-refractivity contribution in [1.29, 1.82) is 0 Å². The Labute approximate surface area is 180 Å². The lowest BCUT2D eigenvalue weighted by atomic mass is 10.1. The molecule has 0 saturated heterocycles. The average Bonchev–Trinajstić information content (AvgIpc) is 3.33. The highest BCUT2D eigenvalue weighted by Gasteiger charge is 2.30. The number of furan rings is 1. The van der Waals surface area contributed by atoms with Gasteiger partial charge >= 0.3 is 5.97 Å². The van der Waals surface area contributed by atoms with Gasteiger partial charge in [-0.25, -0.2) is 18.2 Å². The maximum absolute atomic E-state index is 12.8. The lowest BCUT2D eigenvalue weighted by Crippen LogP contribution is -2.34. The van der Waals surface area contributed by atoms with Gasteiger partial charge in [0.1, 0.15) is 11.8 Å². The first-order valence-electron chi connectivity index (χ1n) is 8.71. The Bertz CT molecular complexity index is 1180. The number of nitrogens with zero attached hydrogens (tertiary/aromatic N) is 1. The molecule has 1 aromatic carbocycles. The molecule has 0 bridgehead atoms. The van der Waals surface area contributed by atoms with Crippen LogP contribution in [-0.2, 0) is 24.3 Å². The second-order valence-corrected chi connectivity index (χ2v) is 8.87. The van der Waals surface area contributed by atoms with Crippen LogP contribution in [0.15, 0.2) is 52.0 Å². The molecule has 1 amide bonds. The number of nitrogens with one attached hydrogen (secondary N) is 2. The third-order valence-electron chi connectivity index (χ3n) is 3.99. The summed E-state index contributed by atoms with van der Waals surface area (Å²) in [6, 6.07) is 9.89. The molecule has 0 aliphatic rings. The Morgan fingerprint density at radius 1 is 1.20 bits per heavy atom. The predicted octanol–water partition coefficient (Wildman–Crippen LogP) is 3.35. The van der Waals surface area contributed by atoms with Crippen LogP contribution in [0.25, 0.3) is 10.6 Å². The van der Waals surface area contributed by atoms with Crippen LogP contribution in [0.5, 0.6) is 0 Å². The number of aromatic nitrogens is 1. The van der Waals surface area contributed by atoms with Gasteiger partial charge in [-0.2, -0.15) is 4.72 Å². The van der Waals surface area contributed by atoms with Crippen LogP contribution in [0.4, 0.5) is 5.13 Å². The molecule has 0 aliphatic heterocycles. The highest BCUT2D eigenvalue weighted by atomic mass is 32.2. The summed E-state index contributed by atoms with van der Waals surface area (Å²) in [5.41, 5.74) is 1.00. The number of esters is 1. The quantitative estimate of drug-likeness (QED) is 0.525. The van der Waals surface area contributed by atoms with Crippen LogP contribution in [-0.4, -0.2) is 32.4 Å². The maximum atomic E-state index is 12.8. The number of thiazole rings is 1. The van der Waals surface area contributed by atoms with Gasteiger partial charge < -0.3 is 14.5 Å². The maximum Gasteiger partial charge on any atom is 0.328 e. The molecule has 2 N–H and O–H groups in total. The lowest BCUT2D eigenvalue weighted by Gasteiger charge is -2.16. The normalized spacial score (nSPS) is 12.4. The average molecular weight is 454 g/mol. The Morgan fingerprint density at radius 3 is 2.53 bits per heavy atom. The summed E-state index contributed by atoms with van der Waals surface area (Å²) < 4.78 is 38.3. The summed E-state index contributed by atoms with van der Waals surface area (Å²) in [7, 11) is -3.00. The summed E-state index contributed by atoms with van der Waals surface area (Å²) in [6.45, 7) is 3.08. The number of rotatable bonds is 7. The fourth-order valence-corrected chi connectivity index (χ4v) is 4.72. The minimum Gasteiger partial charge on any atom is -0.468 e. The zero-order valence-electron chi connectivity index (χ0n) is 16.3. The first kappa shape index (κ1) is 21.7. The van der Waals surface area contributed by atoms with Crippen molar-refractivity contribution < 1.29 is 30.0 Å². The second kappa shape index (κ2) is 8.78. The van der Waals surface area contributed by atoms with E-state index in [9.17, 15) is 18.0 Å². The van der Waals surface area contributed by atoms with E-state index in [2.05, 4.69) is 15.0 Å². The van der Waals surface area contributed by atoms with Crippen molar-refractivity contribution in [3.05, 3.63) is 53.7 Å². The van der Waals surface area contributed by atoms with Crippen LogP contribution >= 0.6 is 11.3 Å². The van der Waals surface area contributed by atoms with E-state index < -0.39 is 22.0 Å². The zero-order valence-corrected chi connectivity index (χ0v) is 18.0. The van der Waals surface area contributed by atoms with Crippen molar-refractivity contribution in [1.82, 2.24) is 9.71 Å². The molecule has 0 aliphatic carbocycles. The monoisotopic (exact) mass is 453 g/mol. The largest absolute Gasteiger partial charge is 0.468 e. The molecule has 2 heterocycles. The van der Waals surface area contributed by atoms with Gasteiger partial charge in [-0.1, -0.05) is 41.7 Å². The molecule has 30 heavy (non-hydrogen) atoms. The van der Waals surface area contributed by atoms with Crippen LogP contribution in [0.3, 0.4) is 0 Å². The van der Waals surface area contributed by atoms with Gasteiger partial charge in [0.05, 0.1) is 17.7 Å². The Morgan fingerprint density at radius 2 is 1.90 bits per heavy atom. The van der Waals surface area contributed by atoms with E-state index in [0.29, 0.717) is 21.3 Å². The van der Waals surface area contributed by atoms with Gasteiger partial charge in [0.2, 0.25) is 11.0 Å². The highest BCUT2D eigenvalue weighted by Crippen LogP contribution is 2.35. The zero-order chi connectivity index (χ0) is 21.9. The molecule has 0 spiro atoms. The van der Waals surface area contributed by atoms with Crippen LogP contribution in [0.2, 0.25) is 0 Å². The van der Waals surface area contributed by atoms with Gasteiger partial charge in [-0.15, -0.1) is 0 Å². The number of carbonyl (C=O) groups excluding carboxylic acids is 2. The molecule has 3 rings (SSSR count). The number of carbonyl (C=O) groups is 2. The number of hydrogen-bond donors (Lipinski definition) is 2. The topological polar surface area (TPSA) is 128 Å². The molecular formula is C19H23N3O6S2. The first-order chi connectivity index (χ1) is 14.2. The van der Waals surface area contributed by atoms with Crippen molar-refractivity contribution in [3.63, 3.8) is 0 Å². The Hall–Kier alpha value is -3.02. The number of hydrogen-bond acceptors (Lipinski definition) is 8. The number of anilines is 1. The van der Waals surface area contributed by atoms with Crippen molar-refractivity contribution in [2.45, 2.75) is 25.0 Å². The van der Waals surface area contributed by atoms with Crippen molar-refractivity contribution >= 4 is 38.4 Å². The molecule has 1 unspecified atom stereocenters. The first-order valence-corrected chi connectivity index (χ1v) is 11.0. The molecule has 0 radical (unpaired) electrons. The summed E-state index contributed by atoms with van der Waals surface area (Å²) in [5.74, 6) is -0.747. The fourth-order valence-electron chi connectivity index (χ4n) is 2.64. The van der Waals surface area contributed by atoms with Gasteiger partial charge in [0.25, 0.3) is 10.0 Å². The van der Waals surface area contributed by atoms with E-state index in [1.807, 2.05) is 0 Å². The molecule has 0 saturated carbocycles. The third kappa shape index (κ3) is 4.75. The van der Waals surface area contributed by atoms with E-state index in [1.165, 1.54) is 26.2 Å². The number of ether oxygens (including phenoxy) is 1. The number of sulfonamides is 1. The van der Waals surface area contributed by atoms with Crippen LogP contribution in [0.1, 0.15) is 27.1 Å². The van der Waals surface area contributed by atoms with Crippen LogP contribution in [0, 0.1) is 6.92 Å². The molecule has 0 fully saturated rings. The number of benzene rings is 1. The molecular weight excluding hydrogens is 430 g/mol. The van der Waals surface area contributed by atoms with Crippen molar-refractivity contribution in [3.8, 4) is 10.6 Å². The van der Waals surface area contributed by atoms with Gasteiger partial charge in [0, 0.05) is 9.78 Å². The highest BCUT2D eigenvalue weighted by molar-refractivity contribution is 7.89. The lowest BCUT2D eigenvalue weighted by molar-refractivity contribution is -0.142. The van der Waals surface area contributed by atoms with Crippen molar-refractivity contribution in [2.24, 2.45) is 0 Å². The molecule has 3 aromatic rings. The number of amides is 1. The minimum absolute atomic E-state index is 0. The van der Waals surface area contributed by atoms with E-state index in [-0.39, 0.29) is 19.6 Å². The molecule has 9 nitrogen and oxygen atoms in total. The standard InChI is InChI=1S/C19H19N3O6S2.2H2/c1-11-17(29-19(20-11)21-12(2)23)14-9-10-15(28-14)30(25,26)22-16(18(24)27-3)13-7-5-4-6-8-13;;/h4-10,16,22H,1-3H3,(H,20,21,23);2*1H. The van der Waals surface area contributed by atoms with E-state index in [4.69, 9.17) is 9.15 Å². The Kier molecular flexibility index (Phi) is 6.34. The molecule has 1 atom stereocenters. The van der Waals surface area contributed by atoms with Gasteiger partial charge in [0.15, 0.2) is 5.13 Å². The Balaban J connectivity index is 0.00000256. The molecule has 2 aromatic heterocycles. The van der Waals surface area contributed by atoms with E-state index >= 15 is 0 Å². The van der Waals surface area contributed by atoms with Crippen molar-refractivity contribution in [2.75, 3.05) is 12.4 Å². The summed E-state index contributed by atoms with van der Waals surface area (Å²) in [6.07, 6.45) is 0. The SMILES string of the molecule is COC(=O)C(NS(=O)(=O)c1ccc(-c2sc(NC(C)=O)nc2C)o1)c1ccccc1.[HH].[HH]. The van der Waals surface area contributed by atoms with Gasteiger partial charge in [-0.05, 0) is 24.6 Å². The predicted molar refractivity (Wildman–Crippen MR) is 115 cm³/mol. The molecule has 11 heteroatoms. The second-order valence-electron chi connectivity index (χ2n) is 6.22. The van der Waals surface area contributed by atoms with E-state index in [0.717, 1.165) is 11.3 Å². The van der Waals surface area contributed by atoms with Crippen LogP contribution < -0.4 is 10.0 Å². The summed E-state index contributed by atoms with van der Waals surface area (Å²) in [5, 5.41) is 2.59. The third-order valence-corrected chi connectivity index (χ3v) is 6.37. The smallest absolute Gasteiger partial charge is 0.328 e. The number of methoxy groups -OCH3 is 1. The molecule has 162 valence electrons.